The zero-order valence-electron chi connectivity index (χ0n) is 18.8. The van der Waals surface area contributed by atoms with Crippen molar-refractivity contribution < 1.29 is 14.3 Å². The quantitative estimate of drug-likeness (QED) is 0.389. The minimum absolute atomic E-state index is 0.0214. The largest absolute Gasteiger partial charge is 0.466 e. The molecule has 0 spiro atoms. The van der Waals surface area contributed by atoms with Crippen molar-refractivity contribution in [3.05, 3.63) is 54.2 Å². The summed E-state index contributed by atoms with van der Waals surface area (Å²) in [6, 6.07) is 13.7. The Kier molecular flexibility index (Phi) is 7.39. The molecule has 0 bridgehead atoms. The molecule has 3 aromatic rings. The van der Waals surface area contributed by atoms with Gasteiger partial charge in [0.2, 0.25) is 5.91 Å². The van der Waals surface area contributed by atoms with Crippen molar-refractivity contribution in [2.24, 2.45) is 5.92 Å². The first kappa shape index (κ1) is 23.0. The van der Waals surface area contributed by atoms with Gasteiger partial charge in [-0.2, -0.15) is 0 Å². The van der Waals surface area contributed by atoms with E-state index in [4.69, 9.17) is 4.74 Å². The van der Waals surface area contributed by atoms with Crippen LogP contribution in [0.2, 0.25) is 0 Å². The molecule has 1 fully saturated rings. The number of hydrogen-bond donors (Lipinski definition) is 0. The first-order valence-electron chi connectivity index (χ1n) is 11.1. The Bertz CT molecular complexity index is 1100. The Balaban J connectivity index is 1.52. The number of thioether (sulfide) groups is 1. The normalized spacial score (nSPS) is 15.9. The summed E-state index contributed by atoms with van der Waals surface area (Å²) in [6.45, 7) is 5.24. The van der Waals surface area contributed by atoms with Gasteiger partial charge in [0.15, 0.2) is 11.0 Å². The van der Waals surface area contributed by atoms with Crippen LogP contribution < -0.4 is 0 Å². The number of benzene rings is 1. The fourth-order valence-electron chi connectivity index (χ4n) is 3.82. The number of piperidine rings is 1. The number of ether oxygens (including phenoxy) is 1. The first-order valence-corrected chi connectivity index (χ1v) is 12.1. The fraction of sp³-hybridized carbons (Fsp3) is 0.375. The van der Waals surface area contributed by atoms with E-state index in [1.165, 1.54) is 11.8 Å². The summed E-state index contributed by atoms with van der Waals surface area (Å²) in [5, 5.41) is 9.36. The van der Waals surface area contributed by atoms with Crippen LogP contribution in [-0.2, 0) is 14.3 Å². The lowest BCUT2D eigenvalue weighted by atomic mass is 9.98. The Morgan fingerprint density at radius 3 is 2.70 bits per heavy atom. The minimum Gasteiger partial charge on any atom is -0.466 e. The van der Waals surface area contributed by atoms with E-state index < -0.39 is 0 Å². The molecule has 4 rings (SSSR count). The molecule has 1 aliphatic heterocycles. The van der Waals surface area contributed by atoms with E-state index in [0.29, 0.717) is 36.4 Å². The maximum Gasteiger partial charge on any atom is 0.310 e. The second kappa shape index (κ2) is 10.6. The third-order valence-electron chi connectivity index (χ3n) is 5.54. The summed E-state index contributed by atoms with van der Waals surface area (Å²) in [5.41, 5.74) is 2.76. The van der Waals surface area contributed by atoms with Crippen molar-refractivity contribution in [1.29, 1.82) is 0 Å². The smallest absolute Gasteiger partial charge is 0.310 e. The van der Waals surface area contributed by atoms with E-state index in [2.05, 4.69) is 15.2 Å². The number of carbonyl (C=O) groups is 2. The molecule has 0 unspecified atom stereocenters. The number of carbonyl (C=O) groups excluding carboxylic acids is 2. The number of hydrogen-bond acceptors (Lipinski definition) is 7. The molecular weight excluding hydrogens is 438 g/mol. The molecule has 0 radical (unpaired) electrons. The number of esters is 1. The van der Waals surface area contributed by atoms with Crippen molar-refractivity contribution in [2.75, 3.05) is 25.4 Å². The van der Waals surface area contributed by atoms with Crippen LogP contribution in [-0.4, -0.2) is 62.0 Å². The highest BCUT2D eigenvalue weighted by atomic mass is 32.2. The second-order valence-corrected chi connectivity index (χ2v) is 8.85. The van der Waals surface area contributed by atoms with Gasteiger partial charge in [0.1, 0.15) is 5.69 Å². The molecule has 1 saturated heterocycles. The SMILES string of the molecule is CCOC(=O)[C@H]1CCCN(C(=O)CSc2nnc(-c3ccccn3)n2-c2ccc(C)cc2)C1. The molecular formula is C24H27N5O3S. The van der Waals surface area contributed by atoms with Crippen LogP contribution in [0, 0.1) is 12.8 Å². The zero-order valence-corrected chi connectivity index (χ0v) is 19.6. The van der Waals surface area contributed by atoms with Gasteiger partial charge in [-0.15, -0.1) is 10.2 Å². The highest BCUT2D eigenvalue weighted by Crippen LogP contribution is 2.28. The topological polar surface area (TPSA) is 90.2 Å². The van der Waals surface area contributed by atoms with E-state index in [1.54, 1.807) is 18.0 Å². The predicted molar refractivity (Wildman–Crippen MR) is 126 cm³/mol. The van der Waals surface area contributed by atoms with E-state index in [9.17, 15) is 9.59 Å². The van der Waals surface area contributed by atoms with Gasteiger partial charge in [0, 0.05) is 25.0 Å². The van der Waals surface area contributed by atoms with Crippen LogP contribution in [0.1, 0.15) is 25.3 Å². The molecule has 172 valence electrons. The van der Waals surface area contributed by atoms with E-state index in [0.717, 1.165) is 24.1 Å². The zero-order chi connectivity index (χ0) is 23.2. The standard InChI is InChI=1S/C24H27N5O3S/c1-3-32-23(31)18-7-6-14-28(15-18)21(30)16-33-24-27-26-22(20-8-4-5-13-25-20)29(24)19-11-9-17(2)10-12-19/h4-5,8-13,18H,3,6-7,14-16H2,1-2H3/t18-/m0/s1. The molecule has 9 heteroatoms. The van der Waals surface area contributed by atoms with Gasteiger partial charge in [0.25, 0.3) is 0 Å². The first-order chi connectivity index (χ1) is 16.1. The molecule has 1 aromatic carbocycles. The van der Waals surface area contributed by atoms with Crippen molar-refractivity contribution in [1.82, 2.24) is 24.6 Å². The van der Waals surface area contributed by atoms with E-state index >= 15 is 0 Å². The summed E-state index contributed by atoms with van der Waals surface area (Å²) in [4.78, 5) is 31.2. The molecule has 2 aromatic heterocycles. The van der Waals surface area contributed by atoms with E-state index in [-0.39, 0.29) is 23.5 Å². The van der Waals surface area contributed by atoms with Crippen LogP contribution >= 0.6 is 11.8 Å². The van der Waals surface area contributed by atoms with Crippen LogP contribution in [0.25, 0.3) is 17.2 Å². The monoisotopic (exact) mass is 465 g/mol. The predicted octanol–water partition coefficient (Wildman–Crippen LogP) is 3.53. The van der Waals surface area contributed by atoms with Crippen LogP contribution in [0.5, 0.6) is 0 Å². The third-order valence-corrected chi connectivity index (χ3v) is 6.45. The van der Waals surface area contributed by atoms with Gasteiger partial charge in [-0.3, -0.25) is 19.1 Å². The minimum atomic E-state index is -0.250. The lowest BCUT2D eigenvalue weighted by molar-refractivity contribution is -0.151. The lowest BCUT2D eigenvalue weighted by Gasteiger charge is -2.31. The van der Waals surface area contributed by atoms with Crippen molar-refractivity contribution >= 4 is 23.6 Å². The van der Waals surface area contributed by atoms with Gasteiger partial charge in [-0.25, -0.2) is 0 Å². The molecule has 8 nitrogen and oxygen atoms in total. The Labute approximate surface area is 197 Å². The average molecular weight is 466 g/mol. The summed E-state index contributed by atoms with van der Waals surface area (Å²) < 4.78 is 7.07. The number of nitrogens with zero attached hydrogens (tertiary/aromatic N) is 5. The molecule has 1 atom stereocenters. The molecule has 0 N–H and O–H groups in total. The summed E-state index contributed by atoms with van der Waals surface area (Å²) >= 11 is 1.34. The lowest BCUT2D eigenvalue weighted by Crippen LogP contribution is -2.43. The number of amides is 1. The highest BCUT2D eigenvalue weighted by molar-refractivity contribution is 7.99. The van der Waals surface area contributed by atoms with Crippen molar-refractivity contribution in [3.63, 3.8) is 0 Å². The van der Waals surface area contributed by atoms with Crippen LogP contribution in [0.4, 0.5) is 0 Å². The van der Waals surface area contributed by atoms with Crippen LogP contribution in [0.15, 0.2) is 53.8 Å². The molecule has 0 saturated carbocycles. The average Bonchev–Trinajstić information content (AvgIpc) is 3.28. The second-order valence-electron chi connectivity index (χ2n) is 7.91. The van der Waals surface area contributed by atoms with Gasteiger partial charge in [-0.1, -0.05) is 35.5 Å². The van der Waals surface area contributed by atoms with Crippen LogP contribution in [0.3, 0.4) is 0 Å². The highest BCUT2D eigenvalue weighted by Gasteiger charge is 2.29. The fourth-order valence-corrected chi connectivity index (χ4v) is 4.68. The number of pyridine rings is 1. The number of likely N-dealkylation sites (tertiary alicyclic amines) is 1. The maximum atomic E-state index is 12.9. The summed E-state index contributed by atoms with van der Waals surface area (Å²) in [7, 11) is 0. The molecule has 0 aliphatic carbocycles. The van der Waals surface area contributed by atoms with E-state index in [1.807, 2.05) is 54.0 Å². The van der Waals surface area contributed by atoms with Crippen molar-refractivity contribution in [3.8, 4) is 17.2 Å². The summed E-state index contributed by atoms with van der Waals surface area (Å²) in [6.07, 6.45) is 3.27. The van der Waals surface area contributed by atoms with Gasteiger partial charge >= 0.3 is 5.97 Å². The van der Waals surface area contributed by atoms with Gasteiger partial charge in [0.05, 0.1) is 18.3 Å². The number of aromatic nitrogens is 4. The number of aryl methyl sites for hydroxylation is 1. The molecule has 1 amide bonds. The molecule has 3 heterocycles. The van der Waals surface area contributed by atoms with Crippen molar-refractivity contribution in [2.45, 2.75) is 31.8 Å². The molecule has 33 heavy (non-hydrogen) atoms. The number of rotatable bonds is 7. The Hall–Kier alpha value is -3.20. The Morgan fingerprint density at radius 2 is 1.97 bits per heavy atom. The molecule has 1 aliphatic rings. The summed E-state index contributed by atoms with van der Waals surface area (Å²) in [5.74, 6) is 0.338. The Morgan fingerprint density at radius 1 is 1.15 bits per heavy atom. The van der Waals surface area contributed by atoms with Gasteiger partial charge < -0.3 is 9.64 Å². The van der Waals surface area contributed by atoms with Gasteiger partial charge in [-0.05, 0) is 51.0 Å². The maximum absolute atomic E-state index is 12.9. The third kappa shape index (κ3) is 5.42.